The minimum atomic E-state index is -5.28. The summed E-state index contributed by atoms with van der Waals surface area (Å²) in [5, 5.41) is 12.1. The molecule has 6 rings (SSSR count). The molecule has 1 amide bonds. The number of fused-ring (bicyclic) bond motifs is 6. The average molecular weight is 750 g/mol. The highest BCUT2D eigenvalue weighted by molar-refractivity contribution is 5.85. The van der Waals surface area contributed by atoms with Gasteiger partial charge in [0, 0.05) is 43.0 Å². The van der Waals surface area contributed by atoms with Crippen molar-refractivity contribution >= 4 is 11.9 Å². The lowest BCUT2D eigenvalue weighted by molar-refractivity contribution is -0.140. The summed E-state index contributed by atoms with van der Waals surface area (Å²) in [6.07, 6.45) is -12.0. The Morgan fingerprint density at radius 2 is 1.62 bits per heavy atom. The van der Waals surface area contributed by atoms with Crippen LogP contribution in [0.3, 0.4) is 0 Å². The van der Waals surface area contributed by atoms with Gasteiger partial charge in [-0.3, -0.25) is 23.9 Å². The molecule has 2 aliphatic heterocycles. The van der Waals surface area contributed by atoms with Crippen molar-refractivity contribution in [1.82, 2.24) is 14.8 Å². The number of halogens is 8. The second-order valence-corrected chi connectivity index (χ2v) is 13.1. The Bertz CT molecular complexity index is 2160. The van der Waals surface area contributed by atoms with Crippen molar-refractivity contribution in [3.05, 3.63) is 116 Å². The second kappa shape index (κ2) is 14.0. The predicted molar refractivity (Wildman–Crippen MR) is 175 cm³/mol. The summed E-state index contributed by atoms with van der Waals surface area (Å²) >= 11 is 0. The number of aromatic nitrogens is 1. The summed E-state index contributed by atoms with van der Waals surface area (Å²) in [5.41, 5.74) is -4.90. The molecule has 4 bridgehead atoms. The Balaban J connectivity index is 1.60. The third-order valence-electron chi connectivity index (χ3n) is 9.33. The Morgan fingerprint density at radius 3 is 2.26 bits per heavy atom. The molecular weight excluding hydrogens is 718 g/mol. The Labute approximate surface area is 296 Å². The topological polar surface area (TPSA) is 101 Å². The molecule has 1 aromatic heterocycles. The third-order valence-corrected chi connectivity index (χ3v) is 9.33. The second-order valence-electron chi connectivity index (χ2n) is 13.1. The molecule has 2 N–H and O–H groups in total. The highest BCUT2D eigenvalue weighted by Gasteiger charge is 2.40. The van der Waals surface area contributed by atoms with Crippen LogP contribution in [0.2, 0.25) is 0 Å². The van der Waals surface area contributed by atoms with Gasteiger partial charge in [-0.1, -0.05) is 24.3 Å². The molecule has 8 nitrogen and oxygen atoms in total. The van der Waals surface area contributed by atoms with Crippen LogP contribution >= 0.6 is 0 Å². The first-order valence-corrected chi connectivity index (χ1v) is 16.3. The molecule has 0 aliphatic carbocycles. The maximum Gasteiger partial charge on any atom is 0.419 e. The van der Waals surface area contributed by atoms with Crippen molar-refractivity contribution in [3.63, 3.8) is 0 Å². The number of alkyl halides is 7. The van der Waals surface area contributed by atoms with E-state index in [1.807, 2.05) is 0 Å². The number of benzene rings is 3. The number of likely N-dealkylation sites (tertiary alicyclic amines) is 1. The fraction of sp³-hybridized carbons (Fsp3) is 0.324. The molecule has 280 valence electrons. The number of nitrogens with zero attached hydrogens (tertiary/aromatic N) is 2. The van der Waals surface area contributed by atoms with Gasteiger partial charge in [0.05, 0.1) is 23.6 Å². The summed E-state index contributed by atoms with van der Waals surface area (Å²) in [6, 6.07) is 6.75. The van der Waals surface area contributed by atoms with Crippen LogP contribution in [0.5, 0.6) is 11.5 Å². The SMILES string of the molecule is Cc1ccc(C)c2c1Oc1cccc(c1)[C@@H](n1cc(CCN3CC(F)C3)c(C(F)(F)F)cc1=O)C(=O)N[C@@H](CC(=O)O)c1cc-2cc(C(F)(F)F)c1F. The molecule has 16 heteroatoms. The number of nitrogens with one attached hydrogen (secondary N) is 1. The number of carbonyl (C=O) groups excluding carboxylic acids is 1. The van der Waals surface area contributed by atoms with Crippen molar-refractivity contribution in [2.24, 2.45) is 0 Å². The number of aryl methyl sites for hydroxylation is 2. The summed E-state index contributed by atoms with van der Waals surface area (Å²) < 4.78 is 122. The summed E-state index contributed by atoms with van der Waals surface area (Å²) in [7, 11) is 0. The van der Waals surface area contributed by atoms with Crippen LogP contribution in [0.4, 0.5) is 35.1 Å². The van der Waals surface area contributed by atoms with Gasteiger partial charge in [-0.05, 0) is 72.4 Å². The van der Waals surface area contributed by atoms with Gasteiger partial charge in [0.25, 0.3) is 5.56 Å². The van der Waals surface area contributed by atoms with Gasteiger partial charge in [-0.25, -0.2) is 8.78 Å². The summed E-state index contributed by atoms with van der Waals surface area (Å²) in [6.45, 7) is 3.16. The maximum absolute atomic E-state index is 16.0. The van der Waals surface area contributed by atoms with Crippen LogP contribution in [0.1, 0.15) is 57.4 Å². The van der Waals surface area contributed by atoms with Gasteiger partial charge in [0.15, 0.2) is 0 Å². The van der Waals surface area contributed by atoms with Crippen LogP contribution in [0, 0.1) is 19.7 Å². The number of amides is 1. The standard InChI is InChI=1S/C37H31F8N3O5/c1-18-6-7-19(2)34-31(18)22-11-25(32(39)27(12-22)37(43,44)45)28(14-30(50)51)46-35(52)33(20-4-3-5-24(10-20)53-34)48-15-21(8-9-47-16-23(38)17-47)26(13-29(48)49)36(40,41)42/h3-7,10-13,15,23,28,33H,8-9,14,16-17H2,1-2H3,(H,46,52)(H,50,51)/t28-,33+/m0/s1. The van der Waals surface area contributed by atoms with E-state index in [0.29, 0.717) is 27.8 Å². The molecule has 0 saturated carbocycles. The number of pyridine rings is 1. The first-order chi connectivity index (χ1) is 24.8. The minimum Gasteiger partial charge on any atom is -0.481 e. The first-order valence-electron chi connectivity index (χ1n) is 16.3. The van der Waals surface area contributed by atoms with Crippen molar-refractivity contribution in [2.45, 2.75) is 57.3 Å². The third kappa shape index (κ3) is 7.63. The summed E-state index contributed by atoms with van der Waals surface area (Å²) in [5.74, 6) is -4.67. The van der Waals surface area contributed by atoms with Gasteiger partial charge < -0.3 is 15.2 Å². The zero-order valence-electron chi connectivity index (χ0n) is 28.0. The molecule has 2 atom stereocenters. The highest BCUT2D eigenvalue weighted by atomic mass is 19.4. The van der Waals surface area contributed by atoms with E-state index >= 15 is 4.39 Å². The van der Waals surface area contributed by atoms with E-state index in [-0.39, 0.29) is 54.2 Å². The van der Waals surface area contributed by atoms with E-state index < -0.39 is 82.5 Å². The van der Waals surface area contributed by atoms with Crippen molar-refractivity contribution < 1.29 is 54.6 Å². The molecule has 0 radical (unpaired) electrons. The fourth-order valence-electron chi connectivity index (χ4n) is 6.72. The Hall–Kier alpha value is -5.25. The summed E-state index contributed by atoms with van der Waals surface area (Å²) in [4.78, 5) is 41.5. The van der Waals surface area contributed by atoms with Crippen LogP contribution < -0.4 is 15.6 Å². The normalized spacial score (nSPS) is 18.1. The van der Waals surface area contributed by atoms with Crippen LogP contribution in [0.15, 0.2) is 65.6 Å². The highest BCUT2D eigenvalue weighted by Crippen LogP contribution is 2.44. The number of carboxylic acids is 1. The lowest BCUT2D eigenvalue weighted by atomic mass is 9.90. The number of hydrogen-bond acceptors (Lipinski definition) is 5. The minimum absolute atomic E-state index is 0.000278. The molecule has 3 aromatic carbocycles. The number of rotatable bonds is 6. The predicted octanol–water partition coefficient (Wildman–Crippen LogP) is 7.53. The Kier molecular flexibility index (Phi) is 9.87. The van der Waals surface area contributed by atoms with Gasteiger partial charge in [-0.15, -0.1) is 0 Å². The van der Waals surface area contributed by atoms with Gasteiger partial charge >= 0.3 is 18.3 Å². The molecule has 2 aliphatic rings. The van der Waals surface area contributed by atoms with Crippen LogP contribution in [0.25, 0.3) is 11.1 Å². The maximum atomic E-state index is 16.0. The molecule has 0 unspecified atom stereocenters. The van der Waals surface area contributed by atoms with E-state index in [1.54, 1.807) is 30.9 Å². The van der Waals surface area contributed by atoms with Crippen molar-refractivity contribution in [1.29, 1.82) is 0 Å². The number of hydrogen-bond donors (Lipinski definition) is 2. The molecule has 4 aromatic rings. The zero-order valence-corrected chi connectivity index (χ0v) is 28.0. The van der Waals surface area contributed by atoms with Gasteiger partial charge in [0.2, 0.25) is 5.91 Å². The van der Waals surface area contributed by atoms with Crippen molar-refractivity contribution in [3.8, 4) is 22.6 Å². The first kappa shape index (κ1) is 37.5. The number of carbonyl (C=O) groups is 2. The molecule has 0 spiro atoms. The number of aliphatic carboxylic acids is 1. The monoisotopic (exact) mass is 749 g/mol. The lowest BCUT2D eigenvalue weighted by Gasteiger charge is -2.34. The number of ether oxygens (including phenoxy) is 1. The van der Waals surface area contributed by atoms with E-state index in [9.17, 15) is 50.2 Å². The van der Waals surface area contributed by atoms with Crippen molar-refractivity contribution in [2.75, 3.05) is 19.6 Å². The van der Waals surface area contributed by atoms with Gasteiger partial charge in [0.1, 0.15) is 29.5 Å². The van der Waals surface area contributed by atoms with E-state index in [2.05, 4.69) is 5.32 Å². The Morgan fingerprint density at radius 1 is 0.943 bits per heavy atom. The van der Waals surface area contributed by atoms with Crippen LogP contribution in [-0.4, -0.2) is 52.3 Å². The number of carboxylic acid groups (broad SMARTS) is 1. The average Bonchev–Trinajstić information content (AvgIpc) is 3.04. The zero-order chi connectivity index (χ0) is 38.6. The lowest BCUT2D eigenvalue weighted by Crippen LogP contribution is -2.49. The molecule has 53 heavy (non-hydrogen) atoms. The van der Waals surface area contributed by atoms with Gasteiger partial charge in [-0.2, -0.15) is 26.3 Å². The fourth-order valence-corrected chi connectivity index (χ4v) is 6.72. The smallest absolute Gasteiger partial charge is 0.419 e. The van der Waals surface area contributed by atoms with E-state index in [1.165, 1.54) is 24.3 Å². The molecule has 1 saturated heterocycles. The molecule has 1 fully saturated rings. The van der Waals surface area contributed by atoms with Crippen LogP contribution in [-0.2, 0) is 28.4 Å². The quantitative estimate of drug-likeness (QED) is 0.198. The largest absolute Gasteiger partial charge is 0.481 e. The van der Waals surface area contributed by atoms with E-state index in [0.717, 1.165) is 12.3 Å². The van der Waals surface area contributed by atoms with E-state index in [4.69, 9.17) is 4.74 Å². The molecular formula is C37H31F8N3O5. The molecule has 3 heterocycles.